The lowest BCUT2D eigenvalue weighted by Crippen LogP contribution is -2.02. The zero-order valence-electron chi connectivity index (χ0n) is 9.84. The number of nitrogens with zero attached hydrogens (tertiary/aromatic N) is 2. The van der Waals surface area contributed by atoms with E-state index in [2.05, 4.69) is 5.10 Å². The Balaban J connectivity index is 2.43. The topological polar surface area (TPSA) is 55.1 Å². The van der Waals surface area contributed by atoms with E-state index in [0.29, 0.717) is 5.69 Å². The number of carboxylic acid groups (broad SMARTS) is 1. The Labute approximate surface area is 99.5 Å². The fourth-order valence-electron chi connectivity index (χ4n) is 1.78. The van der Waals surface area contributed by atoms with Crippen LogP contribution in [0.1, 0.15) is 11.3 Å². The fraction of sp³-hybridized carbons (Fsp3) is 0.231. The summed E-state index contributed by atoms with van der Waals surface area (Å²) < 4.78 is 1.65. The van der Waals surface area contributed by atoms with Gasteiger partial charge in [-0.25, -0.2) is 0 Å². The minimum atomic E-state index is -0.864. The van der Waals surface area contributed by atoms with E-state index in [1.54, 1.807) is 11.7 Å². The van der Waals surface area contributed by atoms with Gasteiger partial charge >= 0.3 is 5.97 Å². The molecule has 0 aliphatic heterocycles. The van der Waals surface area contributed by atoms with E-state index in [4.69, 9.17) is 5.11 Å². The lowest BCUT2D eigenvalue weighted by Gasteiger charge is -2.01. The number of aromatic nitrogens is 2. The van der Waals surface area contributed by atoms with Crippen LogP contribution in [0.3, 0.4) is 0 Å². The predicted molar refractivity (Wildman–Crippen MR) is 64.7 cm³/mol. The molecule has 0 saturated heterocycles. The normalized spacial score (nSPS) is 10.5. The number of aliphatic carboxylic acids is 1. The summed E-state index contributed by atoms with van der Waals surface area (Å²) in [6.07, 6.45) is 1.80. The molecule has 0 unspecified atom stereocenters. The molecule has 88 valence electrons. The second-order valence-electron chi connectivity index (χ2n) is 4.10. The van der Waals surface area contributed by atoms with E-state index in [1.165, 1.54) is 5.56 Å². The molecule has 1 heterocycles. The first-order valence-corrected chi connectivity index (χ1v) is 5.37. The van der Waals surface area contributed by atoms with Crippen LogP contribution in [-0.2, 0) is 18.3 Å². The van der Waals surface area contributed by atoms with Gasteiger partial charge in [0.25, 0.3) is 0 Å². The molecule has 0 saturated carbocycles. The summed E-state index contributed by atoms with van der Waals surface area (Å²) >= 11 is 0. The van der Waals surface area contributed by atoms with Gasteiger partial charge in [0, 0.05) is 18.8 Å². The molecule has 2 aromatic rings. The van der Waals surface area contributed by atoms with Crippen LogP contribution in [0.5, 0.6) is 0 Å². The predicted octanol–water partition coefficient (Wildman–Crippen LogP) is 2.02. The molecule has 4 heteroatoms. The first kappa shape index (κ1) is 11.4. The van der Waals surface area contributed by atoms with Crippen LogP contribution in [0.25, 0.3) is 11.1 Å². The number of hydrogen-bond acceptors (Lipinski definition) is 2. The third-order valence-corrected chi connectivity index (χ3v) is 2.59. The van der Waals surface area contributed by atoms with E-state index in [1.807, 2.05) is 37.4 Å². The minimum absolute atomic E-state index is 0.0515. The van der Waals surface area contributed by atoms with Gasteiger partial charge in [0.15, 0.2) is 0 Å². The molecule has 0 aliphatic rings. The van der Waals surface area contributed by atoms with E-state index in [0.717, 1.165) is 11.1 Å². The average Bonchev–Trinajstić information content (AvgIpc) is 2.59. The summed E-state index contributed by atoms with van der Waals surface area (Å²) in [7, 11) is 1.79. The Kier molecular flexibility index (Phi) is 2.95. The van der Waals surface area contributed by atoms with E-state index < -0.39 is 5.97 Å². The maximum absolute atomic E-state index is 10.8. The molecule has 0 aliphatic carbocycles. The third-order valence-electron chi connectivity index (χ3n) is 2.59. The Hall–Kier alpha value is -2.10. The van der Waals surface area contributed by atoms with Gasteiger partial charge in [0.05, 0.1) is 12.1 Å². The molecule has 0 spiro atoms. The van der Waals surface area contributed by atoms with E-state index >= 15 is 0 Å². The molecule has 0 amide bonds. The van der Waals surface area contributed by atoms with Gasteiger partial charge in [-0.15, -0.1) is 0 Å². The highest BCUT2D eigenvalue weighted by atomic mass is 16.4. The molecule has 17 heavy (non-hydrogen) atoms. The summed E-state index contributed by atoms with van der Waals surface area (Å²) in [6, 6.07) is 7.98. The molecule has 1 N–H and O–H groups in total. The highest BCUT2D eigenvalue weighted by molar-refractivity contribution is 5.75. The highest BCUT2D eigenvalue weighted by Gasteiger charge is 2.12. The number of carbonyl (C=O) groups is 1. The van der Waals surface area contributed by atoms with Crippen LogP contribution in [0.15, 0.2) is 30.5 Å². The number of hydrogen-bond donors (Lipinski definition) is 1. The Morgan fingerprint density at radius 1 is 1.35 bits per heavy atom. The van der Waals surface area contributed by atoms with Crippen molar-refractivity contribution in [3.05, 3.63) is 41.7 Å². The molecular weight excluding hydrogens is 216 g/mol. The van der Waals surface area contributed by atoms with Gasteiger partial charge in [0.2, 0.25) is 0 Å². The van der Waals surface area contributed by atoms with Crippen molar-refractivity contribution in [2.45, 2.75) is 13.3 Å². The van der Waals surface area contributed by atoms with Crippen molar-refractivity contribution in [3.8, 4) is 11.1 Å². The van der Waals surface area contributed by atoms with Crippen LogP contribution in [-0.4, -0.2) is 20.9 Å². The van der Waals surface area contributed by atoms with E-state index in [9.17, 15) is 4.79 Å². The zero-order chi connectivity index (χ0) is 12.4. The number of aryl methyl sites for hydroxylation is 2. The average molecular weight is 230 g/mol. The van der Waals surface area contributed by atoms with Crippen LogP contribution in [0, 0.1) is 6.92 Å². The SMILES string of the molecule is Cc1ccc(-c2cn(C)nc2CC(=O)O)cc1. The van der Waals surface area contributed by atoms with Gasteiger partial charge in [-0.05, 0) is 12.5 Å². The molecule has 1 aromatic heterocycles. The van der Waals surface area contributed by atoms with Gasteiger partial charge < -0.3 is 5.11 Å². The molecule has 4 nitrogen and oxygen atoms in total. The molecule has 0 bridgehead atoms. The van der Waals surface area contributed by atoms with Crippen LogP contribution in [0.2, 0.25) is 0 Å². The molecular formula is C13H14N2O2. The molecule has 0 radical (unpaired) electrons. The molecule has 0 atom stereocenters. The van der Waals surface area contributed by atoms with Crippen LogP contribution in [0.4, 0.5) is 0 Å². The van der Waals surface area contributed by atoms with Crippen molar-refractivity contribution < 1.29 is 9.90 Å². The Morgan fingerprint density at radius 3 is 2.59 bits per heavy atom. The largest absolute Gasteiger partial charge is 0.481 e. The van der Waals surface area contributed by atoms with Gasteiger partial charge in [-0.2, -0.15) is 5.10 Å². The first-order valence-electron chi connectivity index (χ1n) is 5.37. The summed E-state index contributed by atoms with van der Waals surface area (Å²) in [4.78, 5) is 10.8. The second-order valence-corrected chi connectivity index (χ2v) is 4.10. The lowest BCUT2D eigenvalue weighted by molar-refractivity contribution is -0.136. The Bertz CT molecular complexity index is 541. The number of carboxylic acids is 1. The van der Waals surface area contributed by atoms with E-state index in [-0.39, 0.29) is 6.42 Å². The number of rotatable bonds is 3. The molecule has 0 fully saturated rings. The second kappa shape index (κ2) is 4.41. The Morgan fingerprint density at radius 2 is 2.00 bits per heavy atom. The monoisotopic (exact) mass is 230 g/mol. The summed E-state index contributed by atoms with van der Waals surface area (Å²) in [5, 5.41) is 13.0. The number of benzene rings is 1. The van der Waals surface area contributed by atoms with Crippen molar-refractivity contribution in [1.29, 1.82) is 0 Å². The van der Waals surface area contributed by atoms with Crippen LogP contribution < -0.4 is 0 Å². The van der Waals surface area contributed by atoms with Crippen LogP contribution >= 0.6 is 0 Å². The highest BCUT2D eigenvalue weighted by Crippen LogP contribution is 2.23. The summed E-state index contributed by atoms with van der Waals surface area (Å²) in [5.41, 5.74) is 3.66. The smallest absolute Gasteiger partial charge is 0.309 e. The van der Waals surface area contributed by atoms with Gasteiger partial charge in [-0.1, -0.05) is 29.8 Å². The van der Waals surface area contributed by atoms with Crippen molar-refractivity contribution >= 4 is 5.97 Å². The first-order chi connectivity index (χ1) is 8.06. The van der Waals surface area contributed by atoms with Gasteiger partial charge in [0.1, 0.15) is 0 Å². The van der Waals surface area contributed by atoms with Crippen molar-refractivity contribution in [2.75, 3.05) is 0 Å². The quantitative estimate of drug-likeness (QED) is 0.877. The third kappa shape index (κ3) is 2.53. The van der Waals surface area contributed by atoms with Crippen molar-refractivity contribution in [1.82, 2.24) is 9.78 Å². The lowest BCUT2D eigenvalue weighted by atomic mass is 10.0. The summed E-state index contributed by atoms with van der Waals surface area (Å²) in [6.45, 7) is 2.02. The zero-order valence-corrected chi connectivity index (χ0v) is 9.84. The van der Waals surface area contributed by atoms with Crippen molar-refractivity contribution in [2.24, 2.45) is 7.05 Å². The summed E-state index contributed by atoms with van der Waals surface area (Å²) in [5.74, 6) is -0.864. The molecule has 1 aromatic carbocycles. The minimum Gasteiger partial charge on any atom is -0.481 e. The fourth-order valence-corrected chi connectivity index (χ4v) is 1.78. The maximum Gasteiger partial charge on any atom is 0.309 e. The van der Waals surface area contributed by atoms with Gasteiger partial charge in [-0.3, -0.25) is 9.48 Å². The van der Waals surface area contributed by atoms with Crippen molar-refractivity contribution in [3.63, 3.8) is 0 Å². The standard InChI is InChI=1S/C13H14N2O2/c1-9-3-5-10(6-4-9)11-8-15(2)14-12(11)7-13(16)17/h3-6,8H,7H2,1-2H3,(H,16,17). The molecule has 2 rings (SSSR count). The maximum atomic E-state index is 10.8.